The number of hydrogen-bond donors (Lipinski definition) is 2. The van der Waals surface area contributed by atoms with Crippen LogP contribution in [0.1, 0.15) is 10.4 Å². The second-order valence-corrected chi connectivity index (χ2v) is 4.54. The summed E-state index contributed by atoms with van der Waals surface area (Å²) in [6.45, 7) is -0.376. The minimum absolute atomic E-state index is 0.0404. The minimum Gasteiger partial charge on any atom is -0.350 e. The van der Waals surface area contributed by atoms with Crippen molar-refractivity contribution in [1.29, 1.82) is 0 Å². The zero-order chi connectivity index (χ0) is 12.9. The molecule has 17 heavy (non-hydrogen) atoms. The van der Waals surface area contributed by atoms with Gasteiger partial charge in [0.05, 0.1) is 6.61 Å². The number of carbonyl (C=O) groups is 1. The molecule has 8 heteroatoms. The maximum atomic E-state index is 11.5. The first kappa shape index (κ1) is 13.9. The van der Waals surface area contributed by atoms with Crippen LogP contribution in [0.2, 0.25) is 5.02 Å². The molecule has 0 heterocycles. The lowest BCUT2D eigenvalue weighted by molar-refractivity contribution is 0.0945. The molecule has 1 aromatic carbocycles. The summed E-state index contributed by atoms with van der Waals surface area (Å²) in [5.74, 6) is -0.388. The minimum atomic E-state index is -4.46. The normalized spacial score (nSPS) is 11.2. The Labute approximate surface area is 103 Å². The Kier molecular flexibility index (Phi) is 4.88. The molecule has 0 bridgehead atoms. The van der Waals surface area contributed by atoms with E-state index in [9.17, 15) is 13.2 Å². The van der Waals surface area contributed by atoms with Gasteiger partial charge in [-0.1, -0.05) is 11.6 Å². The fourth-order valence-corrected chi connectivity index (χ4v) is 1.43. The molecule has 0 saturated carbocycles. The molecule has 2 N–H and O–H groups in total. The van der Waals surface area contributed by atoms with E-state index in [2.05, 4.69) is 9.50 Å². The third kappa shape index (κ3) is 5.64. The molecule has 0 spiro atoms. The predicted octanol–water partition coefficient (Wildman–Crippen LogP) is 0.889. The van der Waals surface area contributed by atoms with Crippen molar-refractivity contribution >= 4 is 27.9 Å². The highest BCUT2D eigenvalue weighted by molar-refractivity contribution is 7.80. The smallest absolute Gasteiger partial charge is 0.350 e. The summed E-state index contributed by atoms with van der Waals surface area (Å²) in [5.41, 5.74) is 0.390. The van der Waals surface area contributed by atoms with E-state index in [1.165, 1.54) is 12.1 Å². The van der Waals surface area contributed by atoms with Gasteiger partial charge < -0.3 is 5.32 Å². The van der Waals surface area contributed by atoms with Crippen molar-refractivity contribution < 1.29 is 21.9 Å². The van der Waals surface area contributed by atoms with Gasteiger partial charge in [0.2, 0.25) is 0 Å². The summed E-state index contributed by atoms with van der Waals surface area (Å²) in [5, 5.41) is 2.92. The van der Waals surface area contributed by atoms with E-state index in [0.29, 0.717) is 10.6 Å². The molecule has 0 radical (unpaired) electrons. The molecule has 0 saturated heterocycles. The fourth-order valence-electron chi connectivity index (χ4n) is 1.01. The maximum Gasteiger partial charge on any atom is 0.397 e. The van der Waals surface area contributed by atoms with Crippen LogP contribution in [0.15, 0.2) is 24.3 Å². The van der Waals surface area contributed by atoms with E-state index >= 15 is 0 Å². The lowest BCUT2D eigenvalue weighted by atomic mass is 10.2. The van der Waals surface area contributed by atoms with Crippen LogP contribution in [0.3, 0.4) is 0 Å². The van der Waals surface area contributed by atoms with Gasteiger partial charge in [-0.2, -0.15) is 8.42 Å². The highest BCUT2D eigenvalue weighted by Gasteiger charge is 2.06. The zero-order valence-electron chi connectivity index (χ0n) is 8.59. The van der Waals surface area contributed by atoms with Gasteiger partial charge >= 0.3 is 10.4 Å². The van der Waals surface area contributed by atoms with Crippen molar-refractivity contribution in [2.45, 2.75) is 0 Å². The van der Waals surface area contributed by atoms with Crippen LogP contribution in [0, 0.1) is 0 Å². The summed E-state index contributed by atoms with van der Waals surface area (Å²) in [6.07, 6.45) is 0. The lowest BCUT2D eigenvalue weighted by Gasteiger charge is -2.04. The van der Waals surface area contributed by atoms with Crippen LogP contribution < -0.4 is 5.32 Å². The summed E-state index contributed by atoms with van der Waals surface area (Å²) >= 11 is 5.65. The van der Waals surface area contributed by atoms with Gasteiger partial charge in [0.1, 0.15) is 0 Å². The summed E-state index contributed by atoms with van der Waals surface area (Å²) in [7, 11) is -4.46. The Hall–Kier alpha value is -1.15. The molecule has 0 fully saturated rings. The second kappa shape index (κ2) is 5.97. The number of hydrogen-bond acceptors (Lipinski definition) is 4. The van der Waals surface area contributed by atoms with Crippen molar-refractivity contribution in [1.82, 2.24) is 5.32 Å². The van der Waals surface area contributed by atoms with Crippen molar-refractivity contribution in [3.8, 4) is 0 Å². The van der Waals surface area contributed by atoms with Gasteiger partial charge in [0.25, 0.3) is 5.91 Å². The molecule has 1 aromatic rings. The molecule has 0 aliphatic carbocycles. The third-order valence-corrected chi connectivity index (χ3v) is 2.44. The lowest BCUT2D eigenvalue weighted by Crippen LogP contribution is -2.27. The first-order valence-corrected chi connectivity index (χ1v) is 6.28. The number of rotatable bonds is 5. The quantitative estimate of drug-likeness (QED) is 0.617. The molecule has 1 rings (SSSR count). The van der Waals surface area contributed by atoms with Crippen molar-refractivity contribution in [3.63, 3.8) is 0 Å². The molecule has 0 aromatic heterocycles. The number of carbonyl (C=O) groups excluding carboxylic acids is 1. The first-order chi connectivity index (χ1) is 7.88. The number of nitrogens with one attached hydrogen (secondary N) is 1. The highest BCUT2D eigenvalue weighted by Crippen LogP contribution is 2.09. The fraction of sp³-hybridized carbons (Fsp3) is 0.222. The van der Waals surface area contributed by atoms with Gasteiger partial charge in [-0.05, 0) is 24.3 Å². The largest absolute Gasteiger partial charge is 0.397 e. The SMILES string of the molecule is O=C(NCCOS(=O)(=O)O)c1ccc(Cl)cc1. The Morgan fingerprint density at radius 1 is 1.35 bits per heavy atom. The van der Waals surface area contributed by atoms with Crippen molar-refractivity contribution in [2.24, 2.45) is 0 Å². The molecule has 0 unspecified atom stereocenters. The molecule has 94 valence electrons. The molecule has 0 aliphatic rings. The molecule has 1 amide bonds. The average molecular weight is 280 g/mol. The molecular formula is C9H10ClNO5S. The van der Waals surface area contributed by atoms with E-state index < -0.39 is 10.4 Å². The van der Waals surface area contributed by atoms with Crippen LogP contribution >= 0.6 is 11.6 Å². The molecule has 0 atom stereocenters. The molecule has 6 nitrogen and oxygen atoms in total. The summed E-state index contributed by atoms with van der Waals surface area (Å²) in [6, 6.07) is 6.18. The number of benzene rings is 1. The third-order valence-electron chi connectivity index (χ3n) is 1.73. The second-order valence-electron chi connectivity index (χ2n) is 3.01. The predicted molar refractivity (Wildman–Crippen MR) is 61.3 cm³/mol. The van der Waals surface area contributed by atoms with Gasteiger partial charge in [-0.15, -0.1) is 0 Å². The first-order valence-electron chi connectivity index (χ1n) is 4.54. The van der Waals surface area contributed by atoms with E-state index in [1.807, 2.05) is 0 Å². The number of amides is 1. The van der Waals surface area contributed by atoms with E-state index in [1.54, 1.807) is 12.1 Å². The molecular weight excluding hydrogens is 270 g/mol. The van der Waals surface area contributed by atoms with Crippen LogP contribution in [0.5, 0.6) is 0 Å². The van der Waals surface area contributed by atoms with Gasteiger partial charge in [0, 0.05) is 17.1 Å². The van der Waals surface area contributed by atoms with E-state index in [4.69, 9.17) is 16.2 Å². The Balaban J connectivity index is 2.38. The van der Waals surface area contributed by atoms with Crippen molar-refractivity contribution in [3.05, 3.63) is 34.9 Å². The topological polar surface area (TPSA) is 92.7 Å². The van der Waals surface area contributed by atoms with Crippen LogP contribution in [-0.2, 0) is 14.6 Å². The monoisotopic (exact) mass is 279 g/mol. The van der Waals surface area contributed by atoms with Crippen LogP contribution in [0.25, 0.3) is 0 Å². The summed E-state index contributed by atoms with van der Waals surface area (Å²) < 4.78 is 32.7. The Bertz CT molecular complexity index is 485. The van der Waals surface area contributed by atoms with E-state index in [0.717, 1.165) is 0 Å². The van der Waals surface area contributed by atoms with Gasteiger partial charge in [-0.3, -0.25) is 9.35 Å². The Morgan fingerprint density at radius 3 is 2.47 bits per heavy atom. The van der Waals surface area contributed by atoms with Crippen molar-refractivity contribution in [2.75, 3.05) is 13.2 Å². The van der Waals surface area contributed by atoms with Crippen LogP contribution in [-0.4, -0.2) is 32.0 Å². The van der Waals surface area contributed by atoms with E-state index in [-0.39, 0.29) is 19.1 Å². The Morgan fingerprint density at radius 2 is 1.94 bits per heavy atom. The zero-order valence-corrected chi connectivity index (χ0v) is 10.2. The average Bonchev–Trinajstić information content (AvgIpc) is 2.24. The maximum absolute atomic E-state index is 11.5. The van der Waals surface area contributed by atoms with Crippen LogP contribution in [0.4, 0.5) is 0 Å². The van der Waals surface area contributed by atoms with Gasteiger partial charge in [-0.25, -0.2) is 4.18 Å². The highest BCUT2D eigenvalue weighted by atomic mass is 35.5. The van der Waals surface area contributed by atoms with Gasteiger partial charge in [0.15, 0.2) is 0 Å². The standard InChI is InChI=1S/C9H10ClNO5S/c10-8-3-1-7(2-4-8)9(12)11-5-6-16-17(13,14)15/h1-4H,5-6H2,(H,11,12)(H,13,14,15). The summed E-state index contributed by atoms with van der Waals surface area (Å²) in [4.78, 5) is 11.5. The molecule has 0 aliphatic heterocycles. The number of halogens is 1.